The fraction of sp³-hybridized carbons (Fsp3) is 0.316. The summed E-state index contributed by atoms with van der Waals surface area (Å²) in [5.74, 6) is 0.429. The van der Waals surface area contributed by atoms with Gasteiger partial charge in [-0.05, 0) is 45.0 Å². The van der Waals surface area contributed by atoms with Gasteiger partial charge in [0.1, 0.15) is 0 Å². The monoisotopic (exact) mass is 464 g/mol. The summed E-state index contributed by atoms with van der Waals surface area (Å²) < 4.78 is 1.87. The van der Waals surface area contributed by atoms with Crippen molar-refractivity contribution in [3.05, 3.63) is 51.2 Å². The van der Waals surface area contributed by atoms with Gasteiger partial charge in [0.25, 0.3) is 5.91 Å². The van der Waals surface area contributed by atoms with Crippen LogP contribution in [0.1, 0.15) is 33.7 Å². The lowest BCUT2D eigenvalue weighted by Gasteiger charge is -2.08. The molecule has 0 aliphatic carbocycles. The van der Waals surface area contributed by atoms with Crippen LogP contribution in [0, 0.1) is 13.8 Å². The third-order valence-corrected chi connectivity index (χ3v) is 6.44. The fourth-order valence-corrected chi connectivity index (χ4v) is 4.33. The van der Waals surface area contributed by atoms with Gasteiger partial charge in [-0.2, -0.15) is 0 Å². The van der Waals surface area contributed by atoms with Crippen LogP contribution in [0.15, 0.2) is 29.4 Å². The highest BCUT2D eigenvalue weighted by Gasteiger charge is 2.15. The standard InChI is InChI=1S/C19H21ClN6O2S2/c1-4-26-15(9-21-17(28)13-5-7-14(20)8-6-13)24-25-19(26)29-10-16(27)23-18-22-11(2)12(3)30-18/h5-8H,4,9-10H2,1-3H3,(H,21,28)(H,22,23,27). The van der Waals surface area contributed by atoms with Gasteiger partial charge in [-0.15, -0.1) is 21.5 Å². The molecule has 3 rings (SSSR count). The van der Waals surface area contributed by atoms with Crippen molar-refractivity contribution in [2.24, 2.45) is 0 Å². The SMILES string of the molecule is CCn1c(CNC(=O)c2ccc(Cl)cc2)nnc1SCC(=O)Nc1nc(C)c(C)s1. The fourth-order valence-electron chi connectivity index (χ4n) is 2.55. The highest BCUT2D eigenvalue weighted by molar-refractivity contribution is 7.99. The Hall–Kier alpha value is -2.43. The van der Waals surface area contributed by atoms with Crippen molar-refractivity contribution in [1.29, 1.82) is 0 Å². The second-order valence-electron chi connectivity index (χ2n) is 6.33. The van der Waals surface area contributed by atoms with Crippen LogP contribution in [0.5, 0.6) is 0 Å². The van der Waals surface area contributed by atoms with Gasteiger partial charge in [-0.25, -0.2) is 4.98 Å². The van der Waals surface area contributed by atoms with Gasteiger partial charge >= 0.3 is 0 Å². The summed E-state index contributed by atoms with van der Waals surface area (Å²) in [6.45, 7) is 6.68. The first-order valence-electron chi connectivity index (χ1n) is 9.20. The number of aryl methyl sites for hydroxylation is 2. The van der Waals surface area contributed by atoms with E-state index in [1.165, 1.54) is 23.1 Å². The molecule has 0 bridgehead atoms. The summed E-state index contributed by atoms with van der Waals surface area (Å²) in [5.41, 5.74) is 1.43. The lowest BCUT2D eigenvalue weighted by atomic mass is 10.2. The lowest BCUT2D eigenvalue weighted by Crippen LogP contribution is -2.24. The Labute approximate surface area is 187 Å². The third kappa shape index (κ3) is 5.59. The van der Waals surface area contributed by atoms with Crippen molar-refractivity contribution >= 4 is 51.6 Å². The van der Waals surface area contributed by atoms with Gasteiger partial charge in [-0.1, -0.05) is 23.4 Å². The number of amides is 2. The minimum atomic E-state index is -0.222. The highest BCUT2D eigenvalue weighted by Crippen LogP contribution is 2.22. The number of carbonyl (C=O) groups excluding carboxylic acids is 2. The topological polar surface area (TPSA) is 102 Å². The molecule has 0 saturated carbocycles. The number of thioether (sulfide) groups is 1. The molecule has 0 spiro atoms. The van der Waals surface area contributed by atoms with Gasteiger partial charge in [0.2, 0.25) is 5.91 Å². The van der Waals surface area contributed by atoms with E-state index < -0.39 is 0 Å². The lowest BCUT2D eigenvalue weighted by molar-refractivity contribution is -0.113. The Morgan fingerprint density at radius 3 is 2.57 bits per heavy atom. The van der Waals surface area contributed by atoms with Gasteiger partial charge < -0.3 is 15.2 Å². The molecule has 158 valence electrons. The van der Waals surface area contributed by atoms with Gasteiger partial charge in [-0.3, -0.25) is 9.59 Å². The quantitative estimate of drug-likeness (QED) is 0.493. The second-order valence-corrected chi connectivity index (χ2v) is 8.91. The van der Waals surface area contributed by atoms with E-state index in [0.29, 0.717) is 33.2 Å². The number of benzene rings is 1. The van der Waals surface area contributed by atoms with E-state index in [9.17, 15) is 9.59 Å². The van der Waals surface area contributed by atoms with Crippen molar-refractivity contribution in [2.45, 2.75) is 39.0 Å². The van der Waals surface area contributed by atoms with E-state index in [1.54, 1.807) is 24.3 Å². The molecule has 0 unspecified atom stereocenters. The Morgan fingerprint density at radius 2 is 1.93 bits per heavy atom. The van der Waals surface area contributed by atoms with Crippen molar-refractivity contribution in [2.75, 3.05) is 11.1 Å². The first-order valence-corrected chi connectivity index (χ1v) is 11.4. The molecule has 0 atom stereocenters. The molecule has 11 heteroatoms. The molecular weight excluding hydrogens is 444 g/mol. The number of thiazole rings is 1. The summed E-state index contributed by atoms with van der Waals surface area (Å²) in [6, 6.07) is 6.65. The number of halogens is 1. The maximum Gasteiger partial charge on any atom is 0.251 e. The van der Waals surface area contributed by atoms with Crippen LogP contribution < -0.4 is 10.6 Å². The van der Waals surface area contributed by atoms with Crippen LogP contribution in [0.4, 0.5) is 5.13 Å². The molecular formula is C19H21ClN6O2S2. The highest BCUT2D eigenvalue weighted by atomic mass is 35.5. The molecule has 0 aliphatic heterocycles. The van der Waals surface area contributed by atoms with Crippen LogP contribution in [-0.2, 0) is 17.9 Å². The minimum Gasteiger partial charge on any atom is -0.345 e. The summed E-state index contributed by atoms with van der Waals surface area (Å²) in [5, 5.41) is 15.7. The van der Waals surface area contributed by atoms with Crippen LogP contribution in [-0.4, -0.2) is 37.3 Å². The van der Waals surface area contributed by atoms with Crippen molar-refractivity contribution in [3.8, 4) is 0 Å². The molecule has 0 fully saturated rings. The summed E-state index contributed by atoms with van der Waals surface area (Å²) >= 11 is 8.59. The summed E-state index contributed by atoms with van der Waals surface area (Å²) in [4.78, 5) is 29.9. The van der Waals surface area contributed by atoms with Crippen LogP contribution in [0.25, 0.3) is 0 Å². The number of rotatable bonds is 8. The first kappa shape index (κ1) is 22.3. The molecule has 0 radical (unpaired) electrons. The summed E-state index contributed by atoms with van der Waals surface area (Å²) in [6.07, 6.45) is 0. The molecule has 2 amide bonds. The molecule has 8 nitrogen and oxygen atoms in total. The molecule has 0 aliphatic rings. The maximum atomic E-state index is 12.3. The van der Waals surface area contributed by atoms with E-state index in [0.717, 1.165) is 10.6 Å². The van der Waals surface area contributed by atoms with Gasteiger partial charge in [0, 0.05) is 22.0 Å². The second kappa shape index (κ2) is 10.1. The van der Waals surface area contributed by atoms with Gasteiger partial charge in [0.15, 0.2) is 16.1 Å². The van der Waals surface area contributed by atoms with Crippen LogP contribution in [0.3, 0.4) is 0 Å². The van der Waals surface area contributed by atoms with E-state index in [4.69, 9.17) is 11.6 Å². The van der Waals surface area contributed by atoms with E-state index in [1.807, 2.05) is 25.3 Å². The zero-order valence-electron chi connectivity index (χ0n) is 16.7. The number of anilines is 1. The van der Waals surface area contributed by atoms with Crippen LogP contribution in [0.2, 0.25) is 5.02 Å². The van der Waals surface area contributed by atoms with E-state index in [-0.39, 0.29) is 24.1 Å². The average Bonchev–Trinajstić information content (AvgIpc) is 3.26. The molecule has 30 heavy (non-hydrogen) atoms. The predicted molar refractivity (Wildman–Crippen MR) is 119 cm³/mol. The number of hydrogen-bond acceptors (Lipinski definition) is 7. The molecule has 0 saturated heterocycles. The van der Waals surface area contributed by atoms with E-state index >= 15 is 0 Å². The third-order valence-electron chi connectivity index (χ3n) is 4.23. The number of aromatic nitrogens is 4. The van der Waals surface area contributed by atoms with Crippen LogP contribution >= 0.6 is 34.7 Å². The normalized spacial score (nSPS) is 10.8. The average molecular weight is 465 g/mol. The molecule has 1 aromatic carbocycles. The molecule has 3 aromatic rings. The zero-order valence-corrected chi connectivity index (χ0v) is 19.1. The Balaban J connectivity index is 1.56. The zero-order chi connectivity index (χ0) is 21.7. The molecule has 2 aromatic heterocycles. The smallest absolute Gasteiger partial charge is 0.251 e. The van der Waals surface area contributed by atoms with Crippen molar-refractivity contribution in [1.82, 2.24) is 25.1 Å². The van der Waals surface area contributed by atoms with Crippen molar-refractivity contribution < 1.29 is 9.59 Å². The first-order chi connectivity index (χ1) is 14.4. The predicted octanol–water partition coefficient (Wildman–Crippen LogP) is 3.69. The Kier molecular flexibility index (Phi) is 7.46. The largest absolute Gasteiger partial charge is 0.345 e. The van der Waals surface area contributed by atoms with Crippen molar-refractivity contribution in [3.63, 3.8) is 0 Å². The van der Waals surface area contributed by atoms with Gasteiger partial charge in [0.05, 0.1) is 18.0 Å². The Bertz CT molecular complexity index is 1030. The minimum absolute atomic E-state index is 0.156. The number of nitrogens with zero attached hydrogens (tertiary/aromatic N) is 4. The molecule has 2 heterocycles. The maximum absolute atomic E-state index is 12.3. The Morgan fingerprint density at radius 1 is 1.20 bits per heavy atom. The number of nitrogens with one attached hydrogen (secondary N) is 2. The number of hydrogen-bond donors (Lipinski definition) is 2. The number of carbonyl (C=O) groups is 2. The summed E-state index contributed by atoms with van der Waals surface area (Å²) in [7, 11) is 0. The molecule has 2 N–H and O–H groups in total. The van der Waals surface area contributed by atoms with E-state index in [2.05, 4.69) is 25.8 Å².